The quantitative estimate of drug-likeness (QED) is 0.590. The molecule has 0 saturated heterocycles. The largest absolute Gasteiger partial charge is 0.493 e. The SMILES string of the molecule is COC(=O)c1ccccc1NCCCCOc1ccccc1C. The fourth-order valence-corrected chi connectivity index (χ4v) is 2.28. The minimum Gasteiger partial charge on any atom is -0.493 e. The summed E-state index contributed by atoms with van der Waals surface area (Å²) in [5, 5.41) is 3.28. The first-order valence-corrected chi connectivity index (χ1v) is 7.82. The first-order valence-electron chi connectivity index (χ1n) is 7.82. The third-order valence-electron chi connectivity index (χ3n) is 3.57. The molecule has 122 valence electrons. The van der Waals surface area contributed by atoms with E-state index in [0.29, 0.717) is 12.2 Å². The molecule has 0 radical (unpaired) electrons. The van der Waals surface area contributed by atoms with Crippen LogP contribution >= 0.6 is 0 Å². The summed E-state index contributed by atoms with van der Waals surface area (Å²) in [7, 11) is 1.39. The van der Waals surface area contributed by atoms with Gasteiger partial charge in [0.1, 0.15) is 5.75 Å². The lowest BCUT2D eigenvalue weighted by molar-refractivity contribution is 0.0602. The van der Waals surface area contributed by atoms with Gasteiger partial charge < -0.3 is 14.8 Å². The predicted octanol–water partition coefficient (Wildman–Crippen LogP) is 4.05. The minimum atomic E-state index is -0.323. The van der Waals surface area contributed by atoms with Crippen LogP contribution in [-0.4, -0.2) is 26.2 Å². The maximum Gasteiger partial charge on any atom is 0.339 e. The number of carbonyl (C=O) groups excluding carboxylic acids is 1. The van der Waals surface area contributed by atoms with Crippen LogP contribution in [0.1, 0.15) is 28.8 Å². The van der Waals surface area contributed by atoms with Crippen molar-refractivity contribution in [3.8, 4) is 5.75 Å². The molecule has 2 rings (SSSR count). The topological polar surface area (TPSA) is 47.6 Å². The van der Waals surface area contributed by atoms with E-state index in [-0.39, 0.29) is 5.97 Å². The van der Waals surface area contributed by atoms with E-state index in [9.17, 15) is 4.79 Å². The molecule has 0 bridgehead atoms. The van der Waals surface area contributed by atoms with Gasteiger partial charge in [0.05, 0.1) is 19.3 Å². The van der Waals surface area contributed by atoms with E-state index < -0.39 is 0 Å². The Hall–Kier alpha value is -2.49. The zero-order valence-corrected chi connectivity index (χ0v) is 13.7. The monoisotopic (exact) mass is 313 g/mol. The molecule has 4 heteroatoms. The van der Waals surface area contributed by atoms with Gasteiger partial charge in [-0.2, -0.15) is 0 Å². The maximum atomic E-state index is 11.7. The lowest BCUT2D eigenvalue weighted by atomic mass is 10.1. The number of nitrogens with one attached hydrogen (secondary N) is 1. The first-order chi connectivity index (χ1) is 11.2. The highest BCUT2D eigenvalue weighted by Gasteiger charge is 2.09. The summed E-state index contributed by atoms with van der Waals surface area (Å²) in [6.45, 7) is 3.51. The van der Waals surface area contributed by atoms with Crippen molar-refractivity contribution in [3.05, 3.63) is 59.7 Å². The predicted molar refractivity (Wildman–Crippen MR) is 92.2 cm³/mol. The summed E-state index contributed by atoms with van der Waals surface area (Å²) in [5.41, 5.74) is 2.52. The van der Waals surface area contributed by atoms with Crippen molar-refractivity contribution < 1.29 is 14.3 Å². The fraction of sp³-hybridized carbons (Fsp3) is 0.316. The van der Waals surface area contributed by atoms with Crippen LogP contribution in [0.5, 0.6) is 5.75 Å². The summed E-state index contributed by atoms with van der Waals surface area (Å²) in [6, 6.07) is 15.4. The van der Waals surface area contributed by atoms with Crippen molar-refractivity contribution >= 4 is 11.7 Å². The van der Waals surface area contributed by atoms with E-state index in [1.54, 1.807) is 6.07 Å². The molecular weight excluding hydrogens is 290 g/mol. The molecule has 23 heavy (non-hydrogen) atoms. The number of benzene rings is 2. The maximum absolute atomic E-state index is 11.7. The average molecular weight is 313 g/mol. The number of unbranched alkanes of at least 4 members (excludes halogenated alkanes) is 1. The Balaban J connectivity index is 1.72. The second kappa shape index (κ2) is 8.83. The number of aryl methyl sites for hydroxylation is 1. The molecule has 2 aromatic rings. The zero-order chi connectivity index (χ0) is 16.5. The molecule has 4 nitrogen and oxygen atoms in total. The van der Waals surface area contributed by atoms with Gasteiger partial charge in [-0.25, -0.2) is 4.79 Å². The van der Waals surface area contributed by atoms with Gasteiger partial charge in [0.25, 0.3) is 0 Å². The number of hydrogen-bond donors (Lipinski definition) is 1. The van der Waals surface area contributed by atoms with Crippen LogP contribution in [0.4, 0.5) is 5.69 Å². The van der Waals surface area contributed by atoms with Gasteiger partial charge in [-0.1, -0.05) is 30.3 Å². The number of para-hydroxylation sites is 2. The van der Waals surface area contributed by atoms with Gasteiger partial charge in [0.2, 0.25) is 0 Å². The summed E-state index contributed by atoms with van der Waals surface area (Å²) in [4.78, 5) is 11.7. The number of anilines is 1. The lowest BCUT2D eigenvalue weighted by Crippen LogP contribution is -2.10. The average Bonchev–Trinajstić information content (AvgIpc) is 2.59. The lowest BCUT2D eigenvalue weighted by Gasteiger charge is -2.11. The Bertz CT molecular complexity index is 640. The summed E-state index contributed by atoms with van der Waals surface area (Å²) >= 11 is 0. The molecule has 0 aromatic heterocycles. The Kier molecular flexibility index (Phi) is 6.48. The number of rotatable bonds is 8. The van der Waals surface area contributed by atoms with Crippen molar-refractivity contribution in [2.24, 2.45) is 0 Å². The van der Waals surface area contributed by atoms with Gasteiger partial charge in [-0.15, -0.1) is 0 Å². The Morgan fingerprint density at radius 3 is 2.57 bits per heavy atom. The highest BCUT2D eigenvalue weighted by molar-refractivity contribution is 5.95. The normalized spacial score (nSPS) is 10.2. The van der Waals surface area contributed by atoms with Crippen LogP contribution in [0.3, 0.4) is 0 Å². The molecule has 0 saturated carbocycles. The van der Waals surface area contributed by atoms with E-state index >= 15 is 0 Å². The molecule has 0 aliphatic carbocycles. The van der Waals surface area contributed by atoms with Crippen LogP contribution in [-0.2, 0) is 4.74 Å². The van der Waals surface area contributed by atoms with E-state index in [1.807, 2.05) is 49.4 Å². The summed E-state index contributed by atoms with van der Waals surface area (Å²) < 4.78 is 10.5. The smallest absolute Gasteiger partial charge is 0.339 e. The number of esters is 1. The van der Waals surface area contributed by atoms with Crippen molar-refractivity contribution in [2.75, 3.05) is 25.6 Å². The molecule has 0 aliphatic rings. The van der Waals surface area contributed by atoms with Gasteiger partial charge in [0, 0.05) is 12.2 Å². The van der Waals surface area contributed by atoms with Crippen LogP contribution in [0.15, 0.2) is 48.5 Å². The zero-order valence-electron chi connectivity index (χ0n) is 13.7. The second-order valence-corrected chi connectivity index (χ2v) is 5.29. The van der Waals surface area contributed by atoms with E-state index in [1.165, 1.54) is 7.11 Å². The highest BCUT2D eigenvalue weighted by Crippen LogP contribution is 2.17. The third kappa shape index (κ3) is 5.02. The molecule has 0 amide bonds. The number of methoxy groups -OCH3 is 1. The molecule has 0 spiro atoms. The van der Waals surface area contributed by atoms with Gasteiger partial charge in [0.15, 0.2) is 0 Å². The first kappa shape index (κ1) is 16.9. The van der Waals surface area contributed by atoms with Gasteiger partial charge in [-0.05, 0) is 43.5 Å². The van der Waals surface area contributed by atoms with E-state index in [4.69, 9.17) is 9.47 Å². The molecule has 2 aromatic carbocycles. The summed E-state index contributed by atoms with van der Waals surface area (Å²) in [6.07, 6.45) is 1.91. The van der Waals surface area contributed by atoms with Crippen LogP contribution in [0.2, 0.25) is 0 Å². The molecule has 1 N–H and O–H groups in total. The number of ether oxygens (including phenoxy) is 2. The van der Waals surface area contributed by atoms with Crippen molar-refractivity contribution in [1.82, 2.24) is 0 Å². The molecule has 0 fully saturated rings. The number of hydrogen-bond acceptors (Lipinski definition) is 4. The Morgan fingerprint density at radius 1 is 1.04 bits per heavy atom. The van der Waals surface area contributed by atoms with Gasteiger partial charge in [-0.3, -0.25) is 0 Å². The Labute approximate surface area is 137 Å². The van der Waals surface area contributed by atoms with Gasteiger partial charge >= 0.3 is 5.97 Å². The van der Waals surface area contributed by atoms with E-state index in [0.717, 1.165) is 36.4 Å². The van der Waals surface area contributed by atoms with Crippen LogP contribution in [0, 0.1) is 6.92 Å². The second-order valence-electron chi connectivity index (χ2n) is 5.29. The van der Waals surface area contributed by atoms with Crippen molar-refractivity contribution in [1.29, 1.82) is 0 Å². The van der Waals surface area contributed by atoms with Crippen molar-refractivity contribution in [3.63, 3.8) is 0 Å². The molecule has 0 unspecified atom stereocenters. The fourth-order valence-electron chi connectivity index (χ4n) is 2.28. The van der Waals surface area contributed by atoms with E-state index in [2.05, 4.69) is 5.32 Å². The number of carbonyl (C=O) groups is 1. The summed E-state index contributed by atoms with van der Waals surface area (Å²) in [5.74, 6) is 0.618. The molecule has 0 atom stereocenters. The van der Waals surface area contributed by atoms with Crippen molar-refractivity contribution in [2.45, 2.75) is 19.8 Å². The Morgan fingerprint density at radius 2 is 1.78 bits per heavy atom. The molecule has 0 heterocycles. The standard InChI is InChI=1S/C19H23NO3/c1-15-9-3-6-12-18(15)23-14-8-7-13-20-17-11-5-4-10-16(17)19(21)22-2/h3-6,9-12,20H,7-8,13-14H2,1-2H3. The van der Waals surface area contributed by atoms with Crippen LogP contribution < -0.4 is 10.1 Å². The molecule has 0 aliphatic heterocycles. The van der Waals surface area contributed by atoms with Crippen LogP contribution in [0.25, 0.3) is 0 Å². The minimum absolute atomic E-state index is 0.323. The molecular formula is C19H23NO3. The third-order valence-corrected chi connectivity index (χ3v) is 3.57. The highest BCUT2D eigenvalue weighted by atomic mass is 16.5.